The Hall–Kier alpha value is -5.14. The number of carbonyl (C=O) groups excluding carboxylic acids is 5. The molecule has 4 amide bonds. The second-order valence-corrected chi connectivity index (χ2v) is 13.3. The molecule has 2 fully saturated rings. The van der Waals surface area contributed by atoms with Crippen molar-refractivity contribution in [1.82, 2.24) is 30.8 Å². The minimum atomic E-state index is -0.920. The summed E-state index contributed by atoms with van der Waals surface area (Å²) in [5, 5.41) is 9.15. The molecule has 4 aromatic rings. The third-order valence-electron chi connectivity index (χ3n) is 8.71. The summed E-state index contributed by atoms with van der Waals surface area (Å²) in [6.07, 6.45) is 4.69. The van der Waals surface area contributed by atoms with Gasteiger partial charge in [-0.05, 0) is 85.0 Å². The normalized spacial score (nSPS) is 17.6. The fraction of sp³-hybridized carbons (Fsp3) is 0.333. The first kappa shape index (κ1) is 33.7. The van der Waals surface area contributed by atoms with Gasteiger partial charge < -0.3 is 15.0 Å². The highest BCUT2D eigenvalue weighted by Crippen LogP contribution is 2.30. The third kappa shape index (κ3) is 8.12. The minimum absolute atomic E-state index is 0.00443. The number of carbonyl (C=O) groups is 5. The lowest BCUT2D eigenvalue weighted by Gasteiger charge is -2.25. The Morgan fingerprint density at radius 3 is 2.49 bits per heavy atom. The van der Waals surface area contributed by atoms with E-state index in [1.54, 1.807) is 64.5 Å². The molecular weight excluding hydrogens is 644 g/mol. The maximum Gasteiger partial charge on any atom is 0.270 e. The van der Waals surface area contributed by atoms with E-state index < -0.39 is 30.1 Å². The van der Waals surface area contributed by atoms with Crippen molar-refractivity contribution in [3.05, 3.63) is 100 Å². The number of hydrogen-bond donors (Lipinski definition) is 3. The lowest BCUT2D eigenvalue weighted by atomic mass is 9.96. The van der Waals surface area contributed by atoms with Crippen LogP contribution in [-0.4, -0.2) is 69.4 Å². The van der Waals surface area contributed by atoms with Crippen molar-refractivity contribution < 1.29 is 28.7 Å². The molecular formula is C36H38N6O6S. The number of nitrogens with zero attached hydrogens (tertiary/aromatic N) is 3. The molecule has 0 aliphatic carbocycles. The molecule has 6 rings (SSSR count). The number of ether oxygens (including phenoxy) is 1. The number of nitrogens with one attached hydrogen (secondary N) is 3. The number of epoxide rings is 1. The maximum absolute atomic E-state index is 13.6. The summed E-state index contributed by atoms with van der Waals surface area (Å²) in [6.45, 7) is 3.19. The molecule has 2 aliphatic rings. The van der Waals surface area contributed by atoms with Crippen LogP contribution in [0.5, 0.6) is 0 Å². The van der Waals surface area contributed by atoms with Crippen LogP contribution in [0.4, 0.5) is 0 Å². The van der Waals surface area contributed by atoms with E-state index in [0.717, 1.165) is 35.3 Å². The second-order valence-electron chi connectivity index (χ2n) is 12.3. The molecule has 1 unspecified atom stereocenters. The number of thiophene rings is 1. The number of rotatable bonds is 11. The molecule has 3 atom stereocenters. The van der Waals surface area contributed by atoms with Crippen molar-refractivity contribution in [1.29, 1.82) is 0 Å². The molecule has 3 N–H and O–H groups in total. The first-order chi connectivity index (χ1) is 23.7. The number of likely N-dealkylation sites (tertiary alicyclic amines) is 1. The standard InChI is InChI=1S/C36H38N6O6S/c1-22(24-17-25(29-11-8-16-49-29)19-26(18-24)31(44)27-20-37-41(2)21-27)38-34(45)28-10-5-4-9-23(28)12-13-30(43)39-40-35(46)32-33(48-32)36(47)42-14-6-3-7-15-42/h4-5,8-11,16-22,32-33H,3,6-7,12-15H2,1-2H3,(H,38,45)(H,39,43)(H,40,46)/t22-,32+,33?/m1/s1. The molecule has 2 aromatic carbocycles. The number of aromatic nitrogens is 2. The van der Waals surface area contributed by atoms with Crippen LogP contribution in [0.3, 0.4) is 0 Å². The van der Waals surface area contributed by atoms with Crippen LogP contribution in [0.1, 0.15) is 76.1 Å². The molecule has 49 heavy (non-hydrogen) atoms. The zero-order valence-corrected chi connectivity index (χ0v) is 28.1. The van der Waals surface area contributed by atoms with E-state index in [1.807, 2.05) is 36.6 Å². The molecule has 13 heteroatoms. The van der Waals surface area contributed by atoms with Gasteiger partial charge in [0.15, 0.2) is 18.0 Å². The molecule has 0 saturated carbocycles. The van der Waals surface area contributed by atoms with E-state index in [2.05, 4.69) is 21.3 Å². The van der Waals surface area contributed by atoms with Gasteiger partial charge in [0.05, 0.1) is 17.8 Å². The summed E-state index contributed by atoms with van der Waals surface area (Å²) in [4.78, 5) is 67.3. The average Bonchev–Trinajstić information content (AvgIpc) is 3.49. The van der Waals surface area contributed by atoms with Crippen LogP contribution in [0, 0.1) is 0 Å². The van der Waals surface area contributed by atoms with Crippen LogP contribution in [0.25, 0.3) is 10.4 Å². The van der Waals surface area contributed by atoms with Gasteiger partial charge in [-0.2, -0.15) is 5.10 Å². The highest BCUT2D eigenvalue weighted by atomic mass is 32.1. The minimum Gasteiger partial charge on any atom is -0.349 e. The van der Waals surface area contributed by atoms with Crippen molar-refractivity contribution in [2.75, 3.05) is 13.1 Å². The van der Waals surface area contributed by atoms with Gasteiger partial charge in [0.2, 0.25) is 5.91 Å². The highest BCUT2D eigenvalue weighted by Gasteiger charge is 2.52. The van der Waals surface area contributed by atoms with Gasteiger partial charge in [-0.3, -0.25) is 39.5 Å². The maximum atomic E-state index is 13.6. The number of ketones is 1. The number of hydrazine groups is 1. The van der Waals surface area contributed by atoms with Crippen LogP contribution in [-0.2, 0) is 32.6 Å². The van der Waals surface area contributed by atoms with Gasteiger partial charge in [-0.25, -0.2) is 0 Å². The van der Waals surface area contributed by atoms with Gasteiger partial charge in [0.1, 0.15) is 0 Å². The Labute approximate surface area is 287 Å². The number of benzene rings is 2. The highest BCUT2D eigenvalue weighted by molar-refractivity contribution is 7.13. The molecule has 2 saturated heterocycles. The first-order valence-corrected chi connectivity index (χ1v) is 17.2. The summed E-state index contributed by atoms with van der Waals surface area (Å²) < 4.78 is 6.89. The molecule has 2 aliphatic heterocycles. The van der Waals surface area contributed by atoms with Crippen LogP contribution < -0.4 is 16.2 Å². The predicted molar refractivity (Wildman–Crippen MR) is 182 cm³/mol. The van der Waals surface area contributed by atoms with Crippen LogP contribution >= 0.6 is 11.3 Å². The van der Waals surface area contributed by atoms with Crippen molar-refractivity contribution >= 4 is 40.7 Å². The molecule has 2 aromatic heterocycles. The molecule has 254 valence electrons. The van der Waals surface area contributed by atoms with Gasteiger partial charge >= 0.3 is 0 Å². The second kappa shape index (κ2) is 15.0. The number of piperidine rings is 1. The Bertz CT molecular complexity index is 1860. The molecule has 0 radical (unpaired) electrons. The van der Waals surface area contributed by atoms with Crippen molar-refractivity contribution in [3.8, 4) is 10.4 Å². The van der Waals surface area contributed by atoms with Gasteiger partial charge in [0, 0.05) is 48.8 Å². The Morgan fingerprint density at radius 2 is 1.76 bits per heavy atom. The molecule has 0 bridgehead atoms. The van der Waals surface area contributed by atoms with E-state index in [4.69, 9.17) is 4.74 Å². The number of amides is 4. The zero-order valence-electron chi connectivity index (χ0n) is 27.3. The quantitative estimate of drug-likeness (QED) is 0.124. The predicted octanol–water partition coefficient (Wildman–Crippen LogP) is 3.73. The summed E-state index contributed by atoms with van der Waals surface area (Å²) in [7, 11) is 1.75. The van der Waals surface area contributed by atoms with Crippen molar-refractivity contribution in [3.63, 3.8) is 0 Å². The Morgan fingerprint density at radius 1 is 0.959 bits per heavy atom. The largest absolute Gasteiger partial charge is 0.349 e. The fourth-order valence-electron chi connectivity index (χ4n) is 5.95. The van der Waals surface area contributed by atoms with Crippen LogP contribution in [0.2, 0.25) is 0 Å². The lowest BCUT2D eigenvalue weighted by molar-refractivity contribution is -0.133. The van der Waals surface area contributed by atoms with E-state index in [9.17, 15) is 24.0 Å². The zero-order chi connectivity index (χ0) is 34.5. The number of aryl methyl sites for hydroxylation is 2. The smallest absolute Gasteiger partial charge is 0.270 e. The SMILES string of the molecule is C[C@@H](NC(=O)c1ccccc1CCC(=O)NNC(=O)[C@H]1OC1C(=O)N1CCCCC1)c1cc(C(=O)c2cnn(C)c2)cc(-c2cccs2)c1. The van der Waals surface area contributed by atoms with E-state index in [0.29, 0.717) is 35.3 Å². The van der Waals surface area contributed by atoms with Gasteiger partial charge in [-0.1, -0.05) is 24.3 Å². The molecule has 4 heterocycles. The van der Waals surface area contributed by atoms with Gasteiger partial charge in [-0.15, -0.1) is 11.3 Å². The van der Waals surface area contributed by atoms with Crippen molar-refractivity contribution in [2.24, 2.45) is 7.05 Å². The van der Waals surface area contributed by atoms with Crippen LogP contribution in [0.15, 0.2) is 72.4 Å². The third-order valence-corrected chi connectivity index (χ3v) is 9.63. The molecule has 0 spiro atoms. The Kier molecular flexibility index (Phi) is 10.3. The number of hydrogen-bond acceptors (Lipinski definition) is 8. The fourth-order valence-corrected chi connectivity index (χ4v) is 6.66. The topological polar surface area (TPSA) is 155 Å². The van der Waals surface area contributed by atoms with E-state index in [1.165, 1.54) is 6.20 Å². The summed E-state index contributed by atoms with van der Waals surface area (Å²) >= 11 is 1.56. The monoisotopic (exact) mass is 682 g/mol. The lowest BCUT2D eigenvalue weighted by Crippen LogP contribution is -2.45. The van der Waals surface area contributed by atoms with Gasteiger partial charge in [0.25, 0.3) is 17.7 Å². The Balaban J connectivity index is 1.06. The summed E-state index contributed by atoms with van der Waals surface area (Å²) in [6, 6.07) is 16.1. The van der Waals surface area contributed by atoms with E-state index >= 15 is 0 Å². The van der Waals surface area contributed by atoms with Crippen molar-refractivity contribution in [2.45, 2.75) is 57.3 Å². The summed E-state index contributed by atoms with van der Waals surface area (Å²) in [5.74, 6) is -1.71. The molecule has 12 nitrogen and oxygen atoms in total. The average molecular weight is 683 g/mol. The summed E-state index contributed by atoms with van der Waals surface area (Å²) in [5.41, 5.74) is 8.40. The van der Waals surface area contributed by atoms with E-state index in [-0.39, 0.29) is 30.4 Å². The first-order valence-electron chi connectivity index (χ1n) is 16.3.